The number of nitrogens with one attached hydrogen (secondary N) is 1. The Morgan fingerprint density at radius 1 is 1.53 bits per heavy atom. The fourth-order valence-electron chi connectivity index (χ4n) is 1.56. The molecule has 17 heavy (non-hydrogen) atoms. The van der Waals surface area contributed by atoms with Gasteiger partial charge in [0.15, 0.2) is 0 Å². The van der Waals surface area contributed by atoms with Crippen molar-refractivity contribution < 1.29 is 4.79 Å². The van der Waals surface area contributed by atoms with Crippen LogP contribution in [-0.4, -0.2) is 11.9 Å². The third-order valence-corrected chi connectivity index (χ3v) is 2.76. The van der Waals surface area contributed by atoms with Gasteiger partial charge in [0.2, 0.25) is 5.91 Å². The van der Waals surface area contributed by atoms with Gasteiger partial charge in [-0.25, -0.2) is 0 Å². The fourth-order valence-corrected chi connectivity index (χ4v) is 1.79. The fraction of sp³-hybridized carbons (Fsp3) is 0.462. The van der Waals surface area contributed by atoms with Crippen LogP contribution in [0.25, 0.3) is 0 Å². The Labute approximate surface area is 107 Å². The Bertz CT molecular complexity index is 391. The molecule has 0 spiro atoms. The largest absolute Gasteiger partial charge is 0.328 e. The van der Waals surface area contributed by atoms with Crippen LogP contribution in [0.5, 0.6) is 0 Å². The Hall–Kier alpha value is -1.06. The summed E-state index contributed by atoms with van der Waals surface area (Å²) in [6.07, 6.45) is 2.19. The van der Waals surface area contributed by atoms with E-state index < -0.39 is 0 Å². The molecule has 94 valence electrons. The summed E-state index contributed by atoms with van der Waals surface area (Å²) in [5.41, 5.74) is 7.42. The molecule has 1 aromatic carbocycles. The van der Waals surface area contributed by atoms with Crippen molar-refractivity contribution >= 4 is 23.2 Å². The number of amides is 1. The minimum absolute atomic E-state index is 0.0241. The van der Waals surface area contributed by atoms with Gasteiger partial charge in [0.25, 0.3) is 0 Å². The van der Waals surface area contributed by atoms with Crippen LogP contribution in [0.3, 0.4) is 0 Å². The normalized spacial score (nSPS) is 12.2. The topological polar surface area (TPSA) is 55.1 Å². The van der Waals surface area contributed by atoms with Crippen LogP contribution in [0.4, 0.5) is 5.69 Å². The van der Waals surface area contributed by atoms with E-state index in [9.17, 15) is 4.79 Å². The summed E-state index contributed by atoms with van der Waals surface area (Å²) in [5, 5.41) is 3.55. The van der Waals surface area contributed by atoms with E-state index in [1.54, 1.807) is 6.07 Å². The molecule has 1 aromatic rings. The number of carbonyl (C=O) groups excluding carboxylic acids is 1. The van der Waals surface area contributed by atoms with E-state index in [-0.39, 0.29) is 11.9 Å². The van der Waals surface area contributed by atoms with Gasteiger partial charge < -0.3 is 11.1 Å². The molecule has 0 aliphatic rings. The van der Waals surface area contributed by atoms with Crippen molar-refractivity contribution in [3.05, 3.63) is 28.8 Å². The predicted octanol–water partition coefficient (Wildman–Crippen LogP) is 3.10. The monoisotopic (exact) mass is 254 g/mol. The number of hydrogen-bond acceptors (Lipinski definition) is 2. The second-order valence-corrected chi connectivity index (χ2v) is 4.81. The van der Waals surface area contributed by atoms with E-state index in [1.807, 2.05) is 26.0 Å². The SMILES string of the molecule is Cc1cc(Cl)ccc1NC(=O)CCCC(C)N. The molecular weight excluding hydrogens is 236 g/mol. The van der Waals surface area contributed by atoms with Gasteiger partial charge in [-0.05, 0) is 50.5 Å². The van der Waals surface area contributed by atoms with Crippen molar-refractivity contribution in [1.82, 2.24) is 0 Å². The lowest BCUT2D eigenvalue weighted by atomic mass is 10.1. The maximum atomic E-state index is 11.6. The van der Waals surface area contributed by atoms with Gasteiger partial charge in [0.1, 0.15) is 0 Å². The number of halogens is 1. The molecule has 0 bridgehead atoms. The Kier molecular flexibility index (Phi) is 5.45. The molecule has 0 heterocycles. The highest BCUT2D eigenvalue weighted by Gasteiger charge is 2.05. The van der Waals surface area contributed by atoms with Crippen LogP contribution in [0, 0.1) is 6.92 Å². The molecule has 1 amide bonds. The zero-order valence-corrected chi connectivity index (χ0v) is 11.1. The first kappa shape index (κ1) is 14.0. The van der Waals surface area contributed by atoms with E-state index in [0.717, 1.165) is 24.1 Å². The van der Waals surface area contributed by atoms with Crippen LogP contribution >= 0.6 is 11.6 Å². The lowest BCUT2D eigenvalue weighted by Gasteiger charge is -2.09. The van der Waals surface area contributed by atoms with Gasteiger partial charge in [-0.3, -0.25) is 4.79 Å². The number of rotatable bonds is 5. The van der Waals surface area contributed by atoms with Crippen LogP contribution in [0.15, 0.2) is 18.2 Å². The van der Waals surface area contributed by atoms with E-state index in [1.165, 1.54) is 0 Å². The van der Waals surface area contributed by atoms with Crippen molar-refractivity contribution in [1.29, 1.82) is 0 Å². The van der Waals surface area contributed by atoms with Gasteiger partial charge in [-0.1, -0.05) is 11.6 Å². The highest BCUT2D eigenvalue weighted by molar-refractivity contribution is 6.30. The van der Waals surface area contributed by atoms with Gasteiger partial charge in [-0.2, -0.15) is 0 Å². The van der Waals surface area contributed by atoms with E-state index >= 15 is 0 Å². The van der Waals surface area contributed by atoms with Crippen molar-refractivity contribution in [2.24, 2.45) is 5.73 Å². The molecule has 0 aliphatic heterocycles. The molecule has 0 aromatic heterocycles. The number of anilines is 1. The lowest BCUT2D eigenvalue weighted by Crippen LogP contribution is -2.17. The number of hydrogen-bond donors (Lipinski definition) is 2. The summed E-state index contributed by atoms with van der Waals surface area (Å²) in [6, 6.07) is 5.58. The Morgan fingerprint density at radius 2 is 2.24 bits per heavy atom. The van der Waals surface area contributed by atoms with Crippen LogP contribution in [0.2, 0.25) is 5.02 Å². The highest BCUT2D eigenvalue weighted by atomic mass is 35.5. The summed E-state index contributed by atoms with van der Waals surface area (Å²) in [4.78, 5) is 11.6. The molecule has 0 radical (unpaired) electrons. The van der Waals surface area contributed by atoms with E-state index in [4.69, 9.17) is 17.3 Å². The van der Waals surface area contributed by atoms with Gasteiger partial charge in [0.05, 0.1) is 0 Å². The predicted molar refractivity (Wildman–Crippen MR) is 72.3 cm³/mol. The molecule has 1 unspecified atom stereocenters. The number of nitrogens with two attached hydrogens (primary N) is 1. The number of aryl methyl sites for hydroxylation is 1. The zero-order valence-electron chi connectivity index (χ0n) is 10.3. The highest BCUT2D eigenvalue weighted by Crippen LogP contribution is 2.19. The number of carbonyl (C=O) groups is 1. The second kappa shape index (κ2) is 6.62. The van der Waals surface area contributed by atoms with Crippen molar-refractivity contribution in [3.63, 3.8) is 0 Å². The van der Waals surface area contributed by atoms with Crippen molar-refractivity contribution in [2.45, 2.75) is 39.2 Å². The summed E-state index contributed by atoms with van der Waals surface area (Å²) < 4.78 is 0. The molecule has 0 aliphatic carbocycles. The van der Waals surface area contributed by atoms with Gasteiger partial charge >= 0.3 is 0 Å². The van der Waals surface area contributed by atoms with Crippen LogP contribution in [-0.2, 0) is 4.79 Å². The Morgan fingerprint density at radius 3 is 2.82 bits per heavy atom. The molecule has 3 nitrogen and oxygen atoms in total. The molecule has 1 atom stereocenters. The number of benzene rings is 1. The first-order valence-corrected chi connectivity index (χ1v) is 6.18. The van der Waals surface area contributed by atoms with Crippen molar-refractivity contribution in [3.8, 4) is 0 Å². The first-order valence-electron chi connectivity index (χ1n) is 5.80. The molecule has 3 N–H and O–H groups in total. The third-order valence-electron chi connectivity index (χ3n) is 2.53. The van der Waals surface area contributed by atoms with Gasteiger partial charge in [-0.15, -0.1) is 0 Å². The average Bonchev–Trinajstić information content (AvgIpc) is 2.21. The molecule has 0 fully saturated rings. The smallest absolute Gasteiger partial charge is 0.224 e. The average molecular weight is 255 g/mol. The van der Waals surface area contributed by atoms with Crippen LogP contribution in [0.1, 0.15) is 31.7 Å². The summed E-state index contributed by atoms with van der Waals surface area (Å²) >= 11 is 5.85. The Balaban J connectivity index is 2.45. The first-order chi connectivity index (χ1) is 7.99. The summed E-state index contributed by atoms with van der Waals surface area (Å²) in [7, 11) is 0. The van der Waals surface area contributed by atoms with Gasteiger partial charge in [0, 0.05) is 23.2 Å². The maximum absolute atomic E-state index is 11.6. The molecular formula is C13H19ClN2O. The third kappa shape index (κ3) is 5.20. The minimum atomic E-state index is 0.0241. The lowest BCUT2D eigenvalue weighted by molar-refractivity contribution is -0.116. The van der Waals surface area contributed by atoms with E-state index in [2.05, 4.69) is 5.32 Å². The molecule has 4 heteroatoms. The molecule has 1 rings (SSSR count). The summed E-state index contributed by atoms with van der Waals surface area (Å²) in [5.74, 6) is 0.0241. The van der Waals surface area contributed by atoms with Crippen LogP contribution < -0.4 is 11.1 Å². The van der Waals surface area contributed by atoms with Crippen molar-refractivity contribution in [2.75, 3.05) is 5.32 Å². The minimum Gasteiger partial charge on any atom is -0.328 e. The van der Waals surface area contributed by atoms with E-state index in [0.29, 0.717) is 11.4 Å². The standard InChI is InChI=1S/C13H19ClN2O/c1-9-8-11(14)6-7-12(9)16-13(17)5-3-4-10(2)15/h6-8,10H,3-5,15H2,1-2H3,(H,16,17). The molecule has 0 saturated carbocycles. The molecule has 0 saturated heterocycles. The summed E-state index contributed by atoms with van der Waals surface area (Å²) in [6.45, 7) is 3.87. The maximum Gasteiger partial charge on any atom is 0.224 e. The zero-order chi connectivity index (χ0) is 12.8. The second-order valence-electron chi connectivity index (χ2n) is 4.38. The quantitative estimate of drug-likeness (QED) is 0.848.